The number of carbonyl (C=O) groups excluding carboxylic acids is 1. The van der Waals surface area contributed by atoms with E-state index < -0.39 is 6.10 Å². The molecule has 110 valence electrons. The minimum atomic E-state index is -0.577. The summed E-state index contributed by atoms with van der Waals surface area (Å²) in [6, 6.07) is 9.03. The molecule has 2 rings (SSSR count). The first kappa shape index (κ1) is 15.3. The average molecular weight is 305 g/mol. The molecular formula is C16H17ClN2O2. The molecule has 0 aliphatic heterocycles. The van der Waals surface area contributed by atoms with Gasteiger partial charge < -0.3 is 10.1 Å². The molecular weight excluding hydrogens is 288 g/mol. The van der Waals surface area contributed by atoms with E-state index in [-0.39, 0.29) is 5.91 Å². The van der Waals surface area contributed by atoms with Crippen LogP contribution in [0.4, 0.5) is 0 Å². The van der Waals surface area contributed by atoms with Gasteiger partial charge in [-0.05, 0) is 55.3 Å². The van der Waals surface area contributed by atoms with Crippen molar-refractivity contribution in [2.45, 2.75) is 26.5 Å². The Hall–Kier alpha value is -2.07. The van der Waals surface area contributed by atoms with Crippen molar-refractivity contribution < 1.29 is 9.53 Å². The van der Waals surface area contributed by atoms with Crippen molar-refractivity contribution in [1.82, 2.24) is 10.3 Å². The number of benzene rings is 1. The Bertz CT molecular complexity index is 617. The molecule has 21 heavy (non-hydrogen) atoms. The second-order valence-corrected chi connectivity index (χ2v) is 5.18. The molecule has 1 aromatic heterocycles. The maximum absolute atomic E-state index is 12.0. The van der Waals surface area contributed by atoms with Crippen LogP contribution in [0, 0.1) is 6.92 Å². The Kier molecular flexibility index (Phi) is 5.17. The highest BCUT2D eigenvalue weighted by Gasteiger charge is 2.15. The van der Waals surface area contributed by atoms with E-state index in [0.717, 1.165) is 11.1 Å². The molecule has 4 nitrogen and oxygen atoms in total. The summed E-state index contributed by atoms with van der Waals surface area (Å²) in [4.78, 5) is 16.0. The first-order chi connectivity index (χ1) is 10.1. The lowest BCUT2D eigenvalue weighted by Gasteiger charge is -2.16. The predicted octanol–water partition coefficient (Wildman–Crippen LogP) is 3.13. The molecule has 5 heteroatoms. The number of halogens is 1. The van der Waals surface area contributed by atoms with Gasteiger partial charge in [-0.1, -0.05) is 11.6 Å². The third kappa shape index (κ3) is 4.46. The molecule has 0 aliphatic carbocycles. The SMILES string of the molecule is Cc1cc(Cl)ccc1O[C@H](C)C(=O)NCc1ccncc1. The number of amides is 1. The molecule has 0 spiro atoms. The predicted molar refractivity (Wildman–Crippen MR) is 82.4 cm³/mol. The largest absolute Gasteiger partial charge is 0.481 e. The highest BCUT2D eigenvalue weighted by molar-refractivity contribution is 6.30. The molecule has 1 heterocycles. The average Bonchev–Trinajstić information content (AvgIpc) is 2.48. The van der Waals surface area contributed by atoms with E-state index >= 15 is 0 Å². The van der Waals surface area contributed by atoms with Crippen LogP contribution in [0.15, 0.2) is 42.7 Å². The quantitative estimate of drug-likeness (QED) is 0.923. The lowest BCUT2D eigenvalue weighted by Crippen LogP contribution is -2.36. The summed E-state index contributed by atoms with van der Waals surface area (Å²) in [7, 11) is 0. The number of hydrogen-bond acceptors (Lipinski definition) is 3. The van der Waals surface area contributed by atoms with Gasteiger partial charge in [-0.3, -0.25) is 9.78 Å². The zero-order chi connectivity index (χ0) is 15.2. The number of rotatable bonds is 5. The molecule has 0 fully saturated rings. The smallest absolute Gasteiger partial charge is 0.261 e. The van der Waals surface area contributed by atoms with Gasteiger partial charge in [-0.15, -0.1) is 0 Å². The molecule has 1 aromatic carbocycles. The lowest BCUT2D eigenvalue weighted by atomic mass is 10.2. The van der Waals surface area contributed by atoms with Crippen molar-refractivity contribution in [1.29, 1.82) is 0 Å². The number of hydrogen-bond donors (Lipinski definition) is 1. The second kappa shape index (κ2) is 7.09. The minimum absolute atomic E-state index is 0.166. The Balaban J connectivity index is 1.90. The summed E-state index contributed by atoms with van der Waals surface area (Å²) in [5, 5.41) is 3.48. The number of nitrogens with one attached hydrogen (secondary N) is 1. The van der Waals surface area contributed by atoms with Crippen LogP contribution in [-0.2, 0) is 11.3 Å². The van der Waals surface area contributed by atoms with Crippen LogP contribution in [0.3, 0.4) is 0 Å². The van der Waals surface area contributed by atoms with Crippen LogP contribution in [0.1, 0.15) is 18.1 Å². The van der Waals surface area contributed by atoms with Gasteiger partial charge in [0, 0.05) is 24.0 Å². The van der Waals surface area contributed by atoms with Crippen molar-refractivity contribution in [2.24, 2.45) is 0 Å². The van der Waals surface area contributed by atoms with Crippen molar-refractivity contribution in [3.63, 3.8) is 0 Å². The van der Waals surface area contributed by atoms with E-state index in [4.69, 9.17) is 16.3 Å². The fraction of sp³-hybridized carbons (Fsp3) is 0.250. The Morgan fingerprint density at radius 2 is 2.05 bits per heavy atom. The van der Waals surface area contributed by atoms with Crippen LogP contribution in [0.2, 0.25) is 5.02 Å². The Morgan fingerprint density at radius 1 is 1.33 bits per heavy atom. The van der Waals surface area contributed by atoms with Crippen molar-refractivity contribution in [3.8, 4) is 5.75 Å². The van der Waals surface area contributed by atoms with Crippen molar-refractivity contribution >= 4 is 17.5 Å². The minimum Gasteiger partial charge on any atom is -0.481 e. The molecule has 0 saturated heterocycles. The molecule has 2 aromatic rings. The number of ether oxygens (including phenoxy) is 1. The van der Waals surface area contributed by atoms with Gasteiger partial charge in [-0.2, -0.15) is 0 Å². The topological polar surface area (TPSA) is 51.2 Å². The van der Waals surface area contributed by atoms with E-state index in [1.165, 1.54) is 0 Å². The van der Waals surface area contributed by atoms with E-state index in [9.17, 15) is 4.79 Å². The molecule has 1 amide bonds. The maximum Gasteiger partial charge on any atom is 0.261 e. The summed E-state index contributed by atoms with van der Waals surface area (Å²) in [5.74, 6) is 0.493. The van der Waals surface area contributed by atoms with Crippen LogP contribution in [0.5, 0.6) is 5.75 Å². The Morgan fingerprint density at radius 3 is 2.71 bits per heavy atom. The van der Waals surface area contributed by atoms with Gasteiger partial charge in [-0.25, -0.2) is 0 Å². The first-order valence-corrected chi connectivity index (χ1v) is 7.03. The van der Waals surface area contributed by atoms with Gasteiger partial charge in [0.25, 0.3) is 5.91 Å². The second-order valence-electron chi connectivity index (χ2n) is 4.74. The number of carbonyl (C=O) groups is 1. The highest BCUT2D eigenvalue weighted by Crippen LogP contribution is 2.22. The van der Waals surface area contributed by atoms with Gasteiger partial charge in [0.15, 0.2) is 6.10 Å². The Labute approximate surface area is 129 Å². The van der Waals surface area contributed by atoms with Crippen LogP contribution in [0.25, 0.3) is 0 Å². The molecule has 1 N–H and O–H groups in total. The molecule has 0 aliphatic rings. The van der Waals surface area contributed by atoms with Crippen LogP contribution >= 0.6 is 11.6 Å². The third-order valence-electron chi connectivity index (χ3n) is 3.03. The molecule has 0 bridgehead atoms. The number of nitrogens with zero attached hydrogens (tertiary/aromatic N) is 1. The zero-order valence-corrected chi connectivity index (χ0v) is 12.7. The third-order valence-corrected chi connectivity index (χ3v) is 3.26. The number of aryl methyl sites for hydroxylation is 1. The standard InChI is InChI=1S/C16H17ClN2O2/c1-11-9-14(17)3-4-15(11)21-12(2)16(20)19-10-13-5-7-18-8-6-13/h3-9,12H,10H2,1-2H3,(H,19,20)/t12-/m1/s1. The van der Waals surface area contributed by atoms with E-state index in [0.29, 0.717) is 17.3 Å². The lowest BCUT2D eigenvalue weighted by molar-refractivity contribution is -0.127. The van der Waals surface area contributed by atoms with Crippen molar-refractivity contribution in [2.75, 3.05) is 0 Å². The summed E-state index contributed by atoms with van der Waals surface area (Å²) >= 11 is 5.89. The van der Waals surface area contributed by atoms with Crippen LogP contribution < -0.4 is 10.1 Å². The summed E-state index contributed by atoms with van der Waals surface area (Å²) in [5.41, 5.74) is 1.89. The fourth-order valence-electron chi connectivity index (χ4n) is 1.82. The summed E-state index contributed by atoms with van der Waals surface area (Å²) < 4.78 is 5.67. The number of aromatic nitrogens is 1. The van der Waals surface area contributed by atoms with Gasteiger partial charge >= 0.3 is 0 Å². The molecule has 0 saturated carbocycles. The van der Waals surface area contributed by atoms with E-state index in [1.54, 1.807) is 37.5 Å². The zero-order valence-electron chi connectivity index (χ0n) is 12.0. The normalized spacial score (nSPS) is 11.8. The summed E-state index contributed by atoms with van der Waals surface area (Å²) in [6.45, 7) is 4.06. The molecule has 0 unspecified atom stereocenters. The van der Waals surface area contributed by atoms with Gasteiger partial charge in [0.05, 0.1) is 0 Å². The maximum atomic E-state index is 12.0. The fourth-order valence-corrected chi connectivity index (χ4v) is 2.05. The number of pyridine rings is 1. The highest BCUT2D eigenvalue weighted by atomic mass is 35.5. The first-order valence-electron chi connectivity index (χ1n) is 6.65. The summed E-state index contributed by atoms with van der Waals surface area (Å²) in [6.07, 6.45) is 2.81. The van der Waals surface area contributed by atoms with Gasteiger partial charge in [0.2, 0.25) is 0 Å². The van der Waals surface area contributed by atoms with Crippen molar-refractivity contribution in [3.05, 3.63) is 58.9 Å². The van der Waals surface area contributed by atoms with Crippen LogP contribution in [-0.4, -0.2) is 17.0 Å². The van der Waals surface area contributed by atoms with E-state index in [2.05, 4.69) is 10.3 Å². The molecule has 0 radical (unpaired) electrons. The monoisotopic (exact) mass is 304 g/mol. The van der Waals surface area contributed by atoms with E-state index in [1.807, 2.05) is 19.1 Å². The van der Waals surface area contributed by atoms with Gasteiger partial charge in [0.1, 0.15) is 5.75 Å². The molecule has 1 atom stereocenters.